The van der Waals surface area contributed by atoms with Crippen molar-refractivity contribution in [2.45, 2.75) is 26.2 Å². The van der Waals surface area contributed by atoms with Gasteiger partial charge in [0.2, 0.25) is 0 Å². The predicted molar refractivity (Wildman–Crippen MR) is 69.6 cm³/mol. The Hall–Kier alpha value is -0.580. The van der Waals surface area contributed by atoms with Gasteiger partial charge >= 0.3 is 5.97 Å². The lowest BCUT2D eigenvalue weighted by atomic mass is 10.2. The van der Waals surface area contributed by atoms with Crippen molar-refractivity contribution in [2.75, 3.05) is 4.43 Å². The largest absolute Gasteiger partial charge is 0.427 e. The topological polar surface area (TPSA) is 26.3 Å². The number of ether oxygens (including phenoxy) is 1. The smallest absolute Gasteiger partial charge is 0.311 e. The van der Waals surface area contributed by atoms with Crippen molar-refractivity contribution in [2.24, 2.45) is 0 Å². The van der Waals surface area contributed by atoms with Crippen LogP contribution in [0, 0.1) is 6.92 Å². The van der Waals surface area contributed by atoms with E-state index in [1.165, 1.54) is 5.56 Å². The fraction of sp³-hybridized carbons (Fsp3) is 0.417. The van der Waals surface area contributed by atoms with Gasteiger partial charge in [-0.1, -0.05) is 40.3 Å². The lowest BCUT2D eigenvalue weighted by molar-refractivity contribution is -0.134. The fourth-order valence-corrected chi connectivity index (χ4v) is 1.69. The molecule has 15 heavy (non-hydrogen) atoms. The molecular weight excluding hydrogens is 303 g/mol. The quantitative estimate of drug-likeness (QED) is 0.273. The highest BCUT2D eigenvalue weighted by Crippen LogP contribution is 2.12. The number of hydrogen-bond donors (Lipinski definition) is 0. The maximum absolute atomic E-state index is 11.3. The first kappa shape index (κ1) is 12.5. The van der Waals surface area contributed by atoms with Crippen LogP contribution in [0.4, 0.5) is 0 Å². The number of carbonyl (C=O) groups is 1. The molecule has 0 fully saturated rings. The monoisotopic (exact) mass is 318 g/mol. The minimum absolute atomic E-state index is 0.135. The zero-order chi connectivity index (χ0) is 11.1. The Morgan fingerprint density at radius 2 is 1.93 bits per heavy atom. The number of halogens is 1. The number of carbonyl (C=O) groups excluding carboxylic acids is 1. The molecule has 0 saturated carbocycles. The van der Waals surface area contributed by atoms with Crippen LogP contribution in [0.3, 0.4) is 0 Å². The highest BCUT2D eigenvalue weighted by Gasteiger charge is 2.03. The van der Waals surface area contributed by atoms with E-state index in [1.807, 2.05) is 31.2 Å². The number of aryl methyl sites for hydroxylation is 1. The number of esters is 1. The van der Waals surface area contributed by atoms with Crippen LogP contribution in [0.2, 0.25) is 0 Å². The third kappa shape index (κ3) is 5.16. The molecule has 2 nitrogen and oxygen atoms in total. The first-order valence-electron chi connectivity index (χ1n) is 5.05. The number of rotatable bonds is 5. The number of benzene rings is 1. The van der Waals surface area contributed by atoms with Crippen LogP contribution >= 0.6 is 22.6 Å². The van der Waals surface area contributed by atoms with Crippen molar-refractivity contribution in [3.63, 3.8) is 0 Å². The van der Waals surface area contributed by atoms with Crippen molar-refractivity contribution >= 4 is 28.6 Å². The summed E-state index contributed by atoms with van der Waals surface area (Å²) in [7, 11) is 0. The molecule has 82 valence electrons. The van der Waals surface area contributed by atoms with Crippen molar-refractivity contribution < 1.29 is 9.53 Å². The SMILES string of the molecule is Cc1ccc(OC(=O)CCCCI)cc1. The highest BCUT2D eigenvalue weighted by molar-refractivity contribution is 14.1. The second-order valence-corrected chi connectivity index (χ2v) is 4.51. The third-order valence-electron chi connectivity index (χ3n) is 2.02. The minimum Gasteiger partial charge on any atom is -0.427 e. The van der Waals surface area contributed by atoms with E-state index in [-0.39, 0.29) is 5.97 Å². The average molecular weight is 318 g/mol. The van der Waals surface area contributed by atoms with Crippen molar-refractivity contribution in [1.82, 2.24) is 0 Å². The summed E-state index contributed by atoms with van der Waals surface area (Å²) in [4.78, 5) is 11.3. The molecule has 0 amide bonds. The van der Waals surface area contributed by atoms with Gasteiger partial charge in [0.05, 0.1) is 0 Å². The summed E-state index contributed by atoms with van der Waals surface area (Å²) >= 11 is 2.31. The maximum Gasteiger partial charge on any atom is 0.311 e. The van der Waals surface area contributed by atoms with Gasteiger partial charge in [-0.05, 0) is 36.3 Å². The van der Waals surface area contributed by atoms with E-state index < -0.39 is 0 Å². The maximum atomic E-state index is 11.3. The van der Waals surface area contributed by atoms with E-state index in [4.69, 9.17) is 4.74 Å². The van der Waals surface area contributed by atoms with Gasteiger partial charge in [-0.3, -0.25) is 4.79 Å². The van der Waals surface area contributed by atoms with E-state index in [1.54, 1.807) is 0 Å². The average Bonchev–Trinajstić information content (AvgIpc) is 2.22. The summed E-state index contributed by atoms with van der Waals surface area (Å²) in [6.07, 6.45) is 2.49. The first-order valence-corrected chi connectivity index (χ1v) is 6.58. The molecule has 0 heterocycles. The number of alkyl halides is 1. The summed E-state index contributed by atoms with van der Waals surface area (Å²) in [5.41, 5.74) is 1.17. The van der Waals surface area contributed by atoms with Crippen LogP contribution in [0.25, 0.3) is 0 Å². The van der Waals surface area contributed by atoms with E-state index >= 15 is 0 Å². The van der Waals surface area contributed by atoms with Gasteiger partial charge in [0.1, 0.15) is 5.75 Å². The molecule has 1 aromatic rings. The van der Waals surface area contributed by atoms with Gasteiger partial charge in [-0.25, -0.2) is 0 Å². The molecule has 0 saturated heterocycles. The summed E-state index contributed by atoms with van der Waals surface area (Å²) in [5, 5.41) is 0. The van der Waals surface area contributed by atoms with Gasteiger partial charge in [0, 0.05) is 6.42 Å². The molecule has 0 aromatic heterocycles. The van der Waals surface area contributed by atoms with Gasteiger partial charge in [0.25, 0.3) is 0 Å². The van der Waals surface area contributed by atoms with Crippen LogP contribution in [0.15, 0.2) is 24.3 Å². The Bertz CT molecular complexity index is 306. The standard InChI is InChI=1S/C12H15IO2/c1-10-5-7-11(8-6-10)15-12(14)4-2-3-9-13/h5-8H,2-4,9H2,1H3. The van der Waals surface area contributed by atoms with E-state index in [2.05, 4.69) is 22.6 Å². The van der Waals surface area contributed by atoms with Crippen LogP contribution in [-0.4, -0.2) is 10.4 Å². The van der Waals surface area contributed by atoms with Crippen molar-refractivity contribution in [3.8, 4) is 5.75 Å². The molecule has 0 aliphatic carbocycles. The van der Waals surface area contributed by atoms with Crippen molar-refractivity contribution in [3.05, 3.63) is 29.8 Å². The summed E-state index contributed by atoms with van der Waals surface area (Å²) in [6, 6.07) is 7.53. The zero-order valence-electron chi connectivity index (χ0n) is 8.83. The molecule has 1 aromatic carbocycles. The van der Waals surface area contributed by atoms with Crippen molar-refractivity contribution in [1.29, 1.82) is 0 Å². The van der Waals surface area contributed by atoms with E-state index in [9.17, 15) is 4.79 Å². The molecule has 0 spiro atoms. The number of hydrogen-bond acceptors (Lipinski definition) is 2. The molecule has 0 bridgehead atoms. The van der Waals surface area contributed by atoms with Gasteiger partial charge in [-0.15, -0.1) is 0 Å². The molecule has 3 heteroatoms. The fourth-order valence-electron chi connectivity index (χ4n) is 1.15. The van der Waals surface area contributed by atoms with Gasteiger partial charge in [0.15, 0.2) is 0 Å². The molecule has 0 radical (unpaired) electrons. The molecule has 0 aliphatic rings. The molecule has 0 aliphatic heterocycles. The van der Waals surface area contributed by atoms with Crippen LogP contribution in [-0.2, 0) is 4.79 Å². The predicted octanol–water partition coefficient (Wildman–Crippen LogP) is 3.51. The minimum atomic E-state index is -0.135. The number of unbranched alkanes of at least 4 members (excludes halogenated alkanes) is 1. The van der Waals surface area contributed by atoms with Gasteiger partial charge < -0.3 is 4.74 Å². The highest BCUT2D eigenvalue weighted by atomic mass is 127. The Balaban J connectivity index is 2.34. The summed E-state index contributed by atoms with van der Waals surface area (Å²) in [6.45, 7) is 2.01. The molecule has 0 atom stereocenters. The van der Waals surface area contributed by atoms with Crippen LogP contribution in [0.5, 0.6) is 5.75 Å². The van der Waals surface area contributed by atoms with E-state index in [0.29, 0.717) is 12.2 Å². The second kappa shape index (κ2) is 6.82. The van der Waals surface area contributed by atoms with Gasteiger partial charge in [-0.2, -0.15) is 0 Å². The Morgan fingerprint density at radius 1 is 1.27 bits per heavy atom. The molecule has 1 rings (SSSR count). The second-order valence-electron chi connectivity index (χ2n) is 3.43. The first-order chi connectivity index (χ1) is 7.22. The molecule has 0 unspecified atom stereocenters. The summed E-state index contributed by atoms with van der Waals surface area (Å²) in [5.74, 6) is 0.503. The third-order valence-corrected chi connectivity index (χ3v) is 2.78. The summed E-state index contributed by atoms with van der Waals surface area (Å²) < 4.78 is 6.27. The zero-order valence-corrected chi connectivity index (χ0v) is 11.0. The van der Waals surface area contributed by atoms with E-state index in [0.717, 1.165) is 17.3 Å². The van der Waals surface area contributed by atoms with Crippen LogP contribution in [0.1, 0.15) is 24.8 Å². The van der Waals surface area contributed by atoms with Crippen LogP contribution < -0.4 is 4.74 Å². The Labute approximate surface area is 104 Å². The lowest BCUT2D eigenvalue weighted by Crippen LogP contribution is -2.07. The lowest BCUT2D eigenvalue weighted by Gasteiger charge is -2.03. The Kier molecular flexibility index (Phi) is 5.68. The normalized spacial score (nSPS) is 10.0. The molecular formula is C12H15IO2. The molecule has 0 N–H and O–H groups in total. The Morgan fingerprint density at radius 3 is 2.53 bits per heavy atom.